The lowest BCUT2D eigenvalue weighted by molar-refractivity contribution is -0.135. The van der Waals surface area contributed by atoms with E-state index in [2.05, 4.69) is 5.32 Å². The molecule has 31 heavy (non-hydrogen) atoms. The third kappa shape index (κ3) is 7.10. The molecule has 0 aliphatic rings. The second kappa shape index (κ2) is 11.3. The first kappa shape index (κ1) is 23.3. The van der Waals surface area contributed by atoms with Crippen molar-refractivity contribution in [2.75, 3.05) is 11.9 Å². The average molecular weight is 460 g/mol. The largest absolute Gasteiger partial charge is 0.478 e. The molecule has 0 radical (unpaired) electrons. The maximum Gasteiger partial charge on any atom is 0.478 e. The van der Waals surface area contributed by atoms with Crippen LogP contribution in [0.1, 0.15) is 31.7 Å². The van der Waals surface area contributed by atoms with E-state index >= 15 is 0 Å². The number of anilines is 1. The molecule has 0 aromatic heterocycles. The summed E-state index contributed by atoms with van der Waals surface area (Å²) in [5, 5.41) is 5.28. The summed E-state index contributed by atoms with van der Waals surface area (Å²) in [6.07, 6.45) is 2.95. The Labute approximate surface area is 188 Å². The molecule has 0 saturated heterocycles. The van der Waals surface area contributed by atoms with Gasteiger partial charge >= 0.3 is 12.9 Å². The van der Waals surface area contributed by atoms with Gasteiger partial charge in [0.15, 0.2) is 0 Å². The third-order valence-corrected chi connectivity index (χ3v) is 6.27. The lowest BCUT2D eigenvalue weighted by Gasteiger charge is -2.21. The van der Waals surface area contributed by atoms with Gasteiger partial charge in [-0.1, -0.05) is 86.5 Å². The lowest BCUT2D eigenvalue weighted by Crippen LogP contribution is -2.33. The second-order valence-corrected chi connectivity index (χ2v) is 9.84. The first-order valence-corrected chi connectivity index (χ1v) is 12.9. The van der Waals surface area contributed by atoms with Gasteiger partial charge in [0.2, 0.25) is 0 Å². The molecule has 1 N–H and O–H groups in total. The molecule has 0 saturated carbocycles. The molecule has 0 aliphatic carbocycles. The van der Waals surface area contributed by atoms with Gasteiger partial charge < -0.3 is 9.84 Å². The van der Waals surface area contributed by atoms with E-state index in [1.165, 1.54) is 0 Å². The molecule has 3 rings (SSSR count). The molecule has 1 unspecified atom stereocenters. The van der Waals surface area contributed by atoms with Crippen molar-refractivity contribution in [2.45, 2.75) is 38.6 Å². The van der Waals surface area contributed by atoms with E-state index in [0.717, 1.165) is 34.9 Å². The minimum Gasteiger partial charge on any atom is -0.379 e. The van der Waals surface area contributed by atoms with E-state index in [0.29, 0.717) is 12.8 Å². The molecule has 2 atom stereocenters. The highest BCUT2D eigenvalue weighted by Gasteiger charge is 2.31. The molecule has 0 aliphatic heterocycles. The zero-order valence-electron chi connectivity index (χ0n) is 17.5. The minimum absolute atomic E-state index is 0.183. The van der Waals surface area contributed by atoms with E-state index < -0.39 is 19.0 Å². The molecule has 3 aromatic carbocycles. The first-order chi connectivity index (χ1) is 15.0. The molecule has 164 valence electrons. The molecule has 3 aromatic rings. The summed E-state index contributed by atoms with van der Waals surface area (Å²) in [4.78, 5) is 13.0. The van der Waals surface area contributed by atoms with E-state index in [1.54, 1.807) is 0 Å². The van der Waals surface area contributed by atoms with Crippen molar-refractivity contribution in [3.05, 3.63) is 78.4 Å². The van der Waals surface area contributed by atoms with E-state index in [4.69, 9.17) is 20.3 Å². The third-order valence-electron chi connectivity index (χ3n) is 4.88. The van der Waals surface area contributed by atoms with Crippen molar-refractivity contribution >= 4 is 40.6 Å². The van der Waals surface area contributed by atoms with Crippen LogP contribution in [0.4, 0.5) is 5.69 Å². The van der Waals surface area contributed by atoms with Crippen molar-refractivity contribution in [1.29, 1.82) is 0 Å². The topological polar surface area (TPSA) is 64.6 Å². The van der Waals surface area contributed by atoms with Crippen LogP contribution < -0.4 is 5.32 Å². The number of nitrogens with one attached hydrogen (secondary N) is 1. The van der Waals surface area contributed by atoms with Crippen LogP contribution in [-0.2, 0) is 24.8 Å². The van der Waals surface area contributed by atoms with E-state index in [9.17, 15) is 9.36 Å². The van der Waals surface area contributed by atoms with Crippen LogP contribution in [0, 0.1) is 0 Å². The van der Waals surface area contributed by atoms with Crippen LogP contribution in [0.3, 0.4) is 0 Å². The molecule has 5 nitrogen and oxygen atoms in total. The van der Waals surface area contributed by atoms with Crippen molar-refractivity contribution in [1.82, 2.24) is 0 Å². The van der Waals surface area contributed by atoms with Gasteiger partial charge in [0.25, 0.3) is 0 Å². The number of carbonyl (C=O) groups is 1. The number of hydrogen-bond acceptors (Lipinski definition) is 5. The van der Waals surface area contributed by atoms with Gasteiger partial charge in [0.1, 0.15) is 6.04 Å². The Balaban J connectivity index is 1.79. The normalized spacial score (nSPS) is 14.0. The minimum atomic E-state index is -4.02. The zero-order chi connectivity index (χ0) is 22.1. The maximum absolute atomic E-state index is 13.0. The highest BCUT2D eigenvalue weighted by atomic mass is 35.7. The Hall–Kier alpha value is -2.33. The van der Waals surface area contributed by atoms with Crippen molar-refractivity contribution in [3.63, 3.8) is 0 Å². The van der Waals surface area contributed by atoms with Gasteiger partial charge in [-0.25, -0.2) is 9.36 Å². The fraction of sp³-hybridized carbons (Fsp3) is 0.292. The van der Waals surface area contributed by atoms with Crippen LogP contribution in [-0.4, -0.2) is 18.6 Å². The molecular formula is C24H27ClNO4P. The van der Waals surface area contributed by atoms with Crippen LogP contribution in [0.25, 0.3) is 10.8 Å². The predicted octanol–water partition coefficient (Wildman–Crippen LogP) is 6.96. The number of fused-ring (bicyclic) bond motifs is 1. The Bertz CT molecular complexity index is 1040. The fourth-order valence-corrected chi connectivity index (χ4v) is 4.46. The molecule has 0 amide bonds. The van der Waals surface area contributed by atoms with Gasteiger partial charge in [-0.2, -0.15) is 0 Å². The number of benzene rings is 3. The van der Waals surface area contributed by atoms with Crippen molar-refractivity contribution in [3.8, 4) is 0 Å². The number of carbonyl (C=O) groups excluding carboxylic acids is 1. The molecule has 0 heterocycles. The predicted molar refractivity (Wildman–Crippen MR) is 127 cm³/mol. The van der Waals surface area contributed by atoms with Crippen LogP contribution in [0.5, 0.6) is 0 Å². The Morgan fingerprint density at radius 3 is 2.48 bits per heavy atom. The molecule has 7 heteroatoms. The monoisotopic (exact) mass is 459 g/mol. The van der Waals surface area contributed by atoms with Crippen molar-refractivity contribution in [2.24, 2.45) is 0 Å². The SMILES string of the molecule is CCCCCOP(=O)(Cl)OC(=O)[C@H](Cc1ccccc1)Nc1cccc2ccccc12. The zero-order valence-corrected chi connectivity index (χ0v) is 19.1. The van der Waals surface area contributed by atoms with Crippen molar-refractivity contribution < 1.29 is 18.4 Å². The van der Waals surface area contributed by atoms with Gasteiger partial charge in [0, 0.05) is 28.7 Å². The molecule has 0 bridgehead atoms. The van der Waals surface area contributed by atoms with Crippen LogP contribution in [0.15, 0.2) is 72.8 Å². The van der Waals surface area contributed by atoms with E-state index in [1.807, 2.05) is 79.7 Å². The summed E-state index contributed by atoms with van der Waals surface area (Å²) >= 11 is 5.92. The number of hydrogen-bond donors (Lipinski definition) is 1. The second-order valence-electron chi connectivity index (χ2n) is 7.29. The van der Waals surface area contributed by atoms with Gasteiger partial charge in [-0.15, -0.1) is 0 Å². The Morgan fingerprint density at radius 1 is 1.00 bits per heavy atom. The standard InChI is InChI=1S/C24H27ClNO4P/c1-2-3-9-17-29-31(25,28)30-24(27)23(18-19-11-5-4-6-12-19)26-22-16-10-14-20-13-7-8-15-21(20)22/h4-8,10-16,23,26H,2-3,9,17-18H2,1H3/t23-,31?/m0/s1. The van der Waals surface area contributed by atoms with Gasteiger partial charge in [-0.3, -0.25) is 4.52 Å². The fourth-order valence-electron chi connectivity index (χ4n) is 3.31. The molecule has 0 spiro atoms. The van der Waals surface area contributed by atoms with Gasteiger partial charge in [0.05, 0.1) is 6.61 Å². The number of halogens is 1. The first-order valence-electron chi connectivity index (χ1n) is 10.4. The summed E-state index contributed by atoms with van der Waals surface area (Å²) in [7, 11) is 0. The molecule has 0 fully saturated rings. The summed E-state index contributed by atoms with van der Waals surface area (Å²) in [6.45, 7) is -1.79. The summed E-state index contributed by atoms with van der Waals surface area (Å²) in [5.74, 6) is -0.717. The Kier molecular flexibility index (Phi) is 8.53. The summed E-state index contributed by atoms with van der Waals surface area (Å²) < 4.78 is 22.8. The Morgan fingerprint density at radius 2 is 1.71 bits per heavy atom. The quantitative estimate of drug-likeness (QED) is 0.248. The van der Waals surface area contributed by atoms with Gasteiger partial charge in [-0.05, 0) is 23.4 Å². The summed E-state index contributed by atoms with van der Waals surface area (Å²) in [5.41, 5.74) is 1.72. The maximum atomic E-state index is 13.0. The lowest BCUT2D eigenvalue weighted by atomic mass is 10.0. The summed E-state index contributed by atoms with van der Waals surface area (Å²) in [6, 6.07) is 22.5. The number of unbranched alkanes of at least 4 members (excludes halogenated alkanes) is 2. The van der Waals surface area contributed by atoms with E-state index in [-0.39, 0.29) is 6.61 Å². The number of rotatable bonds is 11. The van der Waals surface area contributed by atoms with Crippen LogP contribution in [0.2, 0.25) is 0 Å². The highest BCUT2D eigenvalue weighted by molar-refractivity contribution is 7.81. The smallest absolute Gasteiger partial charge is 0.379 e. The molecular weight excluding hydrogens is 433 g/mol. The average Bonchev–Trinajstić information content (AvgIpc) is 2.77. The highest BCUT2D eigenvalue weighted by Crippen LogP contribution is 2.54. The van der Waals surface area contributed by atoms with Crippen LogP contribution >= 0.6 is 18.2 Å².